The summed E-state index contributed by atoms with van der Waals surface area (Å²) in [7, 11) is 0. The van der Waals surface area contributed by atoms with E-state index in [4.69, 9.17) is 15.2 Å². The number of rotatable bonds is 10. The van der Waals surface area contributed by atoms with Gasteiger partial charge >= 0.3 is 6.09 Å². The first kappa shape index (κ1) is 24.3. The topological polar surface area (TPSA) is 120 Å². The molecule has 0 bridgehead atoms. The minimum Gasteiger partial charge on any atom is -0.457 e. The Hall–Kier alpha value is -4.33. The van der Waals surface area contributed by atoms with Crippen molar-refractivity contribution in [2.24, 2.45) is 5.73 Å². The zero-order valence-electron chi connectivity index (χ0n) is 18.8. The van der Waals surface area contributed by atoms with Gasteiger partial charge in [-0.1, -0.05) is 48.0 Å². The molecule has 4 N–H and O–H groups in total. The van der Waals surface area contributed by atoms with Crippen molar-refractivity contribution >= 4 is 23.6 Å². The molecule has 176 valence electrons. The lowest BCUT2D eigenvalue weighted by Gasteiger charge is -2.18. The lowest BCUT2D eigenvalue weighted by Crippen LogP contribution is -2.44. The van der Waals surface area contributed by atoms with E-state index in [9.17, 15) is 14.4 Å². The Morgan fingerprint density at radius 1 is 0.882 bits per heavy atom. The molecule has 3 aromatic rings. The van der Waals surface area contributed by atoms with Gasteiger partial charge in [-0.2, -0.15) is 0 Å². The Morgan fingerprint density at radius 2 is 1.50 bits per heavy atom. The minimum atomic E-state index is -1.00. The molecule has 0 aliphatic rings. The molecular weight excluding hydrogens is 434 g/mol. The van der Waals surface area contributed by atoms with Gasteiger partial charge in [0.05, 0.1) is 0 Å². The lowest BCUT2D eigenvalue weighted by molar-refractivity contribution is -0.119. The molecule has 0 saturated carbocycles. The number of anilines is 1. The number of alkyl carbamates (subject to hydrolysis) is 1. The first-order valence-electron chi connectivity index (χ1n) is 10.8. The minimum absolute atomic E-state index is 0.0379. The van der Waals surface area contributed by atoms with Crippen LogP contribution in [0.1, 0.15) is 24.0 Å². The second kappa shape index (κ2) is 12.1. The van der Waals surface area contributed by atoms with Gasteiger partial charge < -0.3 is 25.8 Å². The Bertz CT molecular complexity index is 1100. The highest BCUT2D eigenvalue weighted by molar-refractivity contribution is 5.96. The van der Waals surface area contributed by atoms with Gasteiger partial charge in [0.15, 0.2) is 0 Å². The van der Waals surface area contributed by atoms with E-state index in [-0.39, 0.29) is 19.4 Å². The quantitative estimate of drug-likeness (QED) is 0.416. The van der Waals surface area contributed by atoms with Crippen LogP contribution in [0.3, 0.4) is 0 Å². The van der Waals surface area contributed by atoms with Crippen molar-refractivity contribution in [2.45, 2.75) is 32.4 Å². The SMILES string of the molecule is Cc1ccc(Oc2ccc(NC(=O)[C@@H](CCC(N)=O)NC(=O)OCc3ccccc3)cc2)cc1. The predicted molar refractivity (Wildman–Crippen MR) is 128 cm³/mol. The molecule has 0 fully saturated rings. The fraction of sp³-hybridized carbons (Fsp3) is 0.192. The summed E-state index contributed by atoms with van der Waals surface area (Å²) in [6.07, 6.45) is -0.799. The van der Waals surface area contributed by atoms with Gasteiger partial charge in [0.2, 0.25) is 11.8 Å². The monoisotopic (exact) mass is 461 g/mol. The van der Waals surface area contributed by atoms with Crippen LogP contribution in [0.2, 0.25) is 0 Å². The first-order valence-corrected chi connectivity index (χ1v) is 10.8. The molecule has 0 spiro atoms. The molecule has 0 radical (unpaired) electrons. The zero-order chi connectivity index (χ0) is 24.3. The van der Waals surface area contributed by atoms with Crippen molar-refractivity contribution in [3.05, 3.63) is 90.0 Å². The van der Waals surface area contributed by atoms with Crippen LogP contribution in [0.5, 0.6) is 11.5 Å². The van der Waals surface area contributed by atoms with E-state index in [1.807, 2.05) is 61.5 Å². The first-order chi connectivity index (χ1) is 16.4. The number of ether oxygens (including phenoxy) is 2. The van der Waals surface area contributed by atoms with Gasteiger partial charge in [-0.3, -0.25) is 9.59 Å². The van der Waals surface area contributed by atoms with Gasteiger partial charge in [0.25, 0.3) is 0 Å². The number of primary amides is 1. The Labute approximate surface area is 198 Å². The highest BCUT2D eigenvalue weighted by Crippen LogP contribution is 2.23. The van der Waals surface area contributed by atoms with Gasteiger partial charge in [0, 0.05) is 12.1 Å². The summed E-state index contributed by atoms with van der Waals surface area (Å²) in [5, 5.41) is 5.23. The number of nitrogens with one attached hydrogen (secondary N) is 2. The summed E-state index contributed by atoms with van der Waals surface area (Å²) in [4.78, 5) is 36.2. The standard InChI is InChI=1S/C26H27N3O5/c1-18-7-11-21(12-8-18)34-22-13-9-20(10-14-22)28-25(31)23(15-16-24(27)30)29-26(32)33-17-19-5-3-2-4-6-19/h2-14,23H,15-17H2,1H3,(H2,27,30)(H,28,31)(H,29,32)/t23-/m1/s1. The molecule has 3 amide bonds. The van der Waals surface area contributed by atoms with Gasteiger partial charge in [-0.15, -0.1) is 0 Å². The van der Waals surface area contributed by atoms with E-state index in [0.29, 0.717) is 17.2 Å². The van der Waals surface area contributed by atoms with Gasteiger partial charge in [-0.05, 0) is 55.3 Å². The molecule has 1 atom stereocenters. The van der Waals surface area contributed by atoms with Crippen LogP contribution in [-0.4, -0.2) is 23.9 Å². The molecular formula is C26H27N3O5. The second-order valence-corrected chi connectivity index (χ2v) is 7.69. The van der Waals surface area contributed by atoms with Crippen molar-refractivity contribution in [3.63, 3.8) is 0 Å². The van der Waals surface area contributed by atoms with Crippen molar-refractivity contribution in [3.8, 4) is 11.5 Å². The molecule has 3 rings (SSSR count). The van der Waals surface area contributed by atoms with E-state index < -0.39 is 23.9 Å². The van der Waals surface area contributed by atoms with Crippen LogP contribution >= 0.6 is 0 Å². The fourth-order valence-electron chi connectivity index (χ4n) is 3.04. The maximum absolute atomic E-state index is 12.8. The number of nitrogens with two attached hydrogens (primary N) is 1. The molecule has 34 heavy (non-hydrogen) atoms. The summed E-state index contributed by atoms with van der Waals surface area (Å²) in [5.41, 5.74) is 7.67. The third-order valence-electron chi connectivity index (χ3n) is 4.88. The van der Waals surface area contributed by atoms with Gasteiger partial charge in [0.1, 0.15) is 24.1 Å². The molecule has 0 heterocycles. The summed E-state index contributed by atoms with van der Waals surface area (Å²) < 4.78 is 11.0. The summed E-state index contributed by atoms with van der Waals surface area (Å²) in [5.74, 6) is 0.238. The van der Waals surface area contributed by atoms with Crippen LogP contribution in [-0.2, 0) is 20.9 Å². The number of aryl methyl sites for hydroxylation is 1. The summed E-state index contributed by atoms with van der Waals surface area (Å²) in [6, 6.07) is 22.6. The smallest absolute Gasteiger partial charge is 0.408 e. The average Bonchev–Trinajstić information content (AvgIpc) is 2.83. The molecule has 0 aromatic heterocycles. The van der Waals surface area contributed by atoms with E-state index in [2.05, 4.69) is 10.6 Å². The molecule has 0 aliphatic heterocycles. The number of hydrogen-bond acceptors (Lipinski definition) is 5. The fourth-order valence-corrected chi connectivity index (χ4v) is 3.04. The van der Waals surface area contributed by atoms with Gasteiger partial charge in [-0.25, -0.2) is 4.79 Å². The van der Waals surface area contributed by atoms with E-state index in [1.165, 1.54) is 0 Å². The molecule has 0 aliphatic carbocycles. The van der Waals surface area contributed by atoms with E-state index in [0.717, 1.165) is 11.1 Å². The van der Waals surface area contributed by atoms with Crippen LogP contribution in [0, 0.1) is 6.92 Å². The van der Waals surface area contributed by atoms with Crippen LogP contribution < -0.4 is 21.1 Å². The number of carbonyl (C=O) groups is 3. The summed E-state index contributed by atoms with van der Waals surface area (Å²) in [6.45, 7) is 2.05. The summed E-state index contributed by atoms with van der Waals surface area (Å²) >= 11 is 0. The second-order valence-electron chi connectivity index (χ2n) is 7.69. The van der Waals surface area contributed by atoms with E-state index >= 15 is 0 Å². The van der Waals surface area contributed by atoms with Crippen molar-refractivity contribution in [1.29, 1.82) is 0 Å². The Kier molecular flexibility index (Phi) is 8.62. The number of hydrogen-bond donors (Lipinski definition) is 3. The van der Waals surface area contributed by atoms with Crippen LogP contribution in [0.4, 0.5) is 10.5 Å². The lowest BCUT2D eigenvalue weighted by atomic mass is 10.1. The molecule has 8 nitrogen and oxygen atoms in total. The predicted octanol–water partition coefficient (Wildman–Crippen LogP) is 4.29. The highest BCUT2D eigenvalue weighted by atomic mass is 16.5. The number of amides is 3. The molecule has 0 saturated heterocycles. The number of carbonyl (C=O) groups excluding carboxylic acids is 3. The maximum atomic E-state index is 12.8. The van der Waals surface area contributed by atoms with Crippen molar-refractivity contribution < 1.29 is 23.9 Å². The zero-order valence-corrected chi connectivity index (χ0v) is 18.8. The third-order valence-corrected chi connectivity index (χ3v) is 4.88. The van der Waals surface area contributed by atoms with Crippen molar-refractivity contribution in [1.82, 2.24) is 5.32 Å². The largest absolute Gasteiger partial charge is 0.457 e. The third kappa shape index (κ3) is 7.98. The Morgan fingerprint density at radius 3 is 2.12 bits per heavy atom. The van der Waals surface area contributed by atoms with Crippen LogP contribution in [0.25, 0.3) is 0 Å². The highest BCUT2D eigenvalue weighted by Gasteiger charge is 2.22. The van der Waals surface area contributed by atoms with E-state index in [1.54, 1.807) is 24.3 Å². The van der Waals surface area contributed by atoms with Crippen LogP contribution in [0.15, 0.2) is 78.9 Å². The Balaban J connectivity index is 1.57. The number of benzene rings is 3. The molecule has 0 unspecified atom stereocenters. The molecule has 3 aromatic carbocycles. The van der Waals surface area contributed by atoms with Crippen molar-refractivity contribution in [2.75, 3.05) is 5.32 Å². The maximum Gasteiger partial charge on any atom is 0.408 e. The molecule has 8 heteroatoms. The normalized spacial score (nSPS) is 11.2. The average molecular weight is 462 g/mol.